The van der Waals surface area contributed by atoms with Crippen molar-refractivity contribution in [1.29, 1.82) is 0 Å². The van der Waals surface area contributed by atoms with Crippen LogP contribution < -0.4 is 15.5 Å². The van der Waals surface area contributed by atoms with Crippen molar-refractivity contribution >= 4 is 67.2 Å². The van der Waals surface area contributed by atoms with E-state index >= 15 is 0 Å². The van der Waals surface area contributed by atoms with E-state index < -0.39 is 0 Å². The minimum Gasteiger partial charge on any atom is -0.366 e. The fourth-order valence-corrected chi connectivity index (χ4v) is 4.61. The van der Waals surface area contributed by atoms with Gasteiger partial charge in [-0.15, -0.1) is 0 Å². The number of hydrogen-bond donors (Lipinski definition) is 2. The molecule has 0 radical (unpaired) electrons. The molecule has 0 unspecified atom stereocenters. The van der Waals surface area contributed by atoms with Crippen molar-refractivity contribution < 1.29 is 9.59 Å². The molecule has 1 fully saturated rings. The minimum absolute atomic E-state index is 0.0976. The molecule has 2 N–H and O–H groups in total. The van der Waals surface area contributed by atoms with E-state index in [4.69, 9.17) is 12.2 Å². The molecular weight excluding hydrogens is 488 g/mol. The standard InChI is InChI=1S/C24H23BrN4O2S/c1-16(30)28-12-14-29(15-13-28)22-11-3-2-10-21(22)26-24(32)27-23(31)19-8-4-7-18-17(19)6-5-9-20(18)25/h2-11H,12-15H2,1H3,(H2,26,27,31,32). The van der Waals surface area contributed by atoms with Crippen LogP contribution in [0.3, 0.4) is 0 Å². The van der Waals surface area contributed by atoms with Gasteiger partial charge in [0.1, 0.15) is 0 Å². The first-order chi connectivity index (χ1) is 15.4. The second-order valence-electron chi connectivity index (χ2n) is 7.56. The molecule has 164 valence electrons. The van der Waals surface area contributed by atoms with Gasteiger partial charge in [-0.25, -0.2) is 0 Å². The fourth-order valence-electron chi connectivity index (χ4n) is 3.91. The SMILES string of the molecule is CC(=O)N1CCN(c2ccccc2NC(=S)NC(=O)c2cccc3c(Br)cccc23)CC1. The number of hydrogen-bond acceptors (Lipinski definition) is 4. The summed E-state index contributed by atoms with van der Waals surface area (Å²) in [5, 5.41) is 8.03. The van der Waals surface area contributed by atoms with Gasteiger partial charge >= 0.3 is 0 Å². The van der Waals surface area contributed by atoms with Crippen LogP contribution in [0.5, 0.6) is 0 Å². The van der Waals surface area contributed by atoms with Gasteiger partial charge in [-0.2, -0.15) is 0 Å². The Labute approximate surface area is 200 Å². The zero-order valence-corrected chi connectivity index (χ0v) is 20.0. The molecular formula is C24H23BrN4O2S. The van der Waals surface area contributed by atoms with E-state index in [-0.39, 0.29) is 16.9 Å². The third kappa shape index (κ3) is 4.76. The van der Waals surface area contributed by atoms with Crippen molar-refractivity contribution in [2.45, 2.75) is 6.92 Å². The van der Waals surface area contributed by atoms with Gasteiger partial charge in [0.15, 0.2) is 5.11 Å². The highest BCUT2D eigenvalue weighted by Crippen LogP contribution is 2.28. The minimum atomic E-state index is -0.265. The highest BCUT2D eigenvalue weighted by atomic mass is 79.9. The summed E-state index contributed by atoms with van der Waals surface area (Å²) >= 11 is 8.99. The van der Waals surface area contributed by atoms with Crippen LogP contribution in [0.4, 0.5) is 11.4 Å². The van der Waals surface area contributed by atoms with Gasteiger partial charge in [-0.1, -0.05) is 52.3 Å². The predicted octanol–water partition coefficient (Wildman–Crippen LogP) is 4.40. The lowest BCUT2D eigenvalue weighted by Crippen LogP contribution is -2.48. The molecule has 0 saturated carbocycles. The molecule has 8 heteroatoms. The summed E-state index contributed by atoms with van der Waals surface area (Å²) in [6.45, 7) is 4.44. The number of fused-ring (bicyclic) bond motifs is 1. The summed E-state index contributed by atoms with van der Waals surface area (Å²) in [4.78, 5) is 28.6. The van der Waals surface area contributed by atoms with E-state index in [2.05, 4.69) is 31.5 Å². The molecule has 2 amide bonds. The van der Waals surface area contributed by atoms with Crippen molar-refractivity contribution in [2.24, 2.45) is 0 Å². The zero-order chi connectivity index (χ0) is 22.7. The normalized spacial score (nSPS) is 13.7. The Morgan fingerprint density at radius 1 is 0.906 bits per heavy atom. The average molecular weight is 511 g/mol. The van der Waals surface area contributed by atoms with Gasteiger partial charge in [0, 0.05) is 43.1 Å². The summed E-state index contributed by atoms with van der Waals surface area (Å²) in [5.74, 6) is -0.167. The van der Waals surface area contributed by atoms with E-state index in [1.807, 2.05) is 59.5 Å². The van der Waals surface area contributed by atoms with Gasteiger partial charge < -0.3 is 15.1 Å². The molecule has 6 nitrogen and oxygen atoms in total. The van der Waals surface area contributed by atoms with Crippen LogP contribution in [0.1, 0.15) is 17.3 Å². The number of carbonyl (C=O) groups is 2. The van der Waals surface area contributed by atoms with E-state index in [0.29, 0.717) is 18.7 Å². The Morgan fingerprint density at radius 2 is 1.59 bits per heavy atom. The zero-order valence-electron chi connectivity index (χ0n) is 17.6. The van der Waals surface area contributed by atoms with E-state index in [1.54, 1.807) is 13.0 Å². The topological polar surface area (TPSA) is 64.7 Å². The summed E-state index contributed by atoms with van der Waals surface area (Å²) in [7, 11) is 0. The van der Waals surface area contributed by atoms with Crippen molar-refractivity contribution in [1.82, 2.24) is 10.2 Å². The average Bonchev–Trinajstić information content (AvgIpc) is 2.79. The molecule has 0 aromatic heterocycles. The Bertz CT molecular complexity index is 1190. The largest absolute Gasteiger partial charge is 0.366 e. The first kappa shape index (κ1) is 22.2. The third-order valence-corrected chi connectivity index (χ3v) is 6.45. The van der Waals surface area contributed by atoms with Crippen LogP contribution in [-0.4, -0.2) is 48.0 Å². The smallest absolute Gasteiger partial charge is 0.258 e. The van der Waals surface area contributed by atoms with Crippen LogP contribution in [0.25, 0.3) is 10.8 Å². The Hall–Kier alpha value is -2.97. The monoisotopic (exact) mass is 510 g/mol. The molecule has 1 heterocycles. The highest BCUT2D eigenvalue weighted by Gasteiger charge is 2.21. The summed E-state index contributed by atoms with van der Waals surface area (Å²) < 4.78 is 0.934. The summed E-state index contributed by atoms with van der Waals surface area (Å²) in [6, 6.07) is 19.2. The van der Waals surface area contributed by atoms with Gasteiger partial charge in [-0.3, -0.25) is 14.9 Å². The lowest BCUT2D eigenvalue weighted by Gasteiger charge is -2.36. The lowest BCUT2D eigenvalue weighted by atomic mass is 10.0. The maximum Gasteiger partial charge on any atom is 0.258 e. The number of para-hydroxylation sites is 2. The fraction of sp³-hybridized carbons (Fsp3) is 0.208. The number of anilines is 2. The molecule has 4 rings (SSSR count). The molecule has 1 aliphatic heterocycles. The highest BCUT2D eigenvalue weighted by molar-refractivity contribution is 9.10. The number of thiocarbonyl (C=S) groups is 1. The molecule has 1 aliphatic rings. The number of piperazine rings is 1. The van der Waals surface area contributed by atoms with E-state index in [1.165, 1.54) is 0 Å². The van der Waals surface area contributed by atoms with E-state index in [0.717, 1.165) is 39.7 Å². The van der Waals surface area contributed by atoms with Gasteiger partial charge in [-0.05, 0) is 47.3 Å². The quantitative estimate of drug-likeness (QED) is 0.511. The summed E-state index contributed by atoms with van der Waals surface area (Å²) in [6.07, 6.45) is 0. The Kier molecular flexibility index (Phi) is 6.72. The van der Waals surface area contributed by atoms with Crippen LogP contribution in [-0.2, 0) is 4.79 Å². The molecule has 3 aromatic rings. The lowest BCUT2D eigenvalue weighted by molar-refractivity contribution is -0.129. The third-order valence-electron chi connectivity index (χ3n) is 5.56. The van der Waals surface area contributed by atoms with Gasteiger partial charge in [0.2, 0.25) is 5.91 Å². The van der Waals surface area contributed by atoms with Crippen molar-refractivity contribution in [3.63, 3.8) is 0 Å². The number of halogens is 1. The molecule has 1 saturated heterocycles. The number of amides is 2. The molecule has 0 atom stereocenters. The number of nitrogens with zero attached hydrogens (tertiary/aromatic N) is 2. The van der Waals surface area contributed by atoms with Crippen molar-refractivity contribution in [3.05, 3.63) is 70.7 Å². The van der Waals surface area contributed by atoms with E-state index in [9.17, 15) is 9.59 Å². The number of rotatable bonds is 3. The van der Waals surface area contributed by atoms with Crippen LogP contribution >= 0.6 is 28.1 Å². The number of nitrogens with one attached hydrogen (secondary N) is 2. The maximum absolute atomic E-state index is 13.0. The Balaban J connectivity index is 1.47. The Morgan fingerprint density at radius 3 is 2.34 bits per heavy atom. The second-order valence-corrected chi connectivity index (χ2v) is 8.82. The number of carbonyl (C=O) groups excluding carboxylic acids is 2. The first-order valence-corrected chi connectivity index (χ1v) is 11.5. The molecule has 0 spiro atoms. The maximum atomic E-state index is 13.0. The van der Waals surface area contributed by atoms with Crippen molar-refractivity contribution in [3.8, 4) is 0 Å². The molecule has 3 aromatic carbocycles. The predicted molar refractivity (Wildman–Crippen MR) is 136 cm³/mol. The summed E-state index contributed by atoms with van der Waals surface area (Å²) in [5.41, 5.74) is 2.36. The first-order valence-electron chi connectivity index (χ1n) is 10.3. The van der Waals surface area contributed by atoms with Gasteiger partial charge in [0.25, 0.3) is 5.91 Å². The van der Waals surface area contributed by atoms with Gasteiger partial charge in [0.05, 0.1) is 11.4 Å². The molecule has 0 aliphatic carbocycles. The number of benzene rings is 3. The molecule has 32 heavy (non-hydrogen) atoms. The van der Waals surface area contributed by atoms with Crippen molar-refractivity contribution in [2.75, 3.05) is 36.4 Å². The second kappa shape index (κ2) is 9.67. The molecule has 0 bridgehead atoms. The van der Waals surface area contributed by atoms with Crippen LogP contribution in [0, 0.1) is 0 Å². The van der Waals surface area contributed by atoms with Crippen LogP contribution in [0.15, 0.2) is 65.1 Å². The van der Waals surface area contributed by atoms with Crippen LogP contribution in [0.2, 0.25) is 0 Å².